The Kier molecular flexibility index (Phi) is 4.18. The Morgan fingerprint density at radius 2 is 1.67 bits per heavy atom. The summed E-state index contributed by atoms with van der Waals surface area (Å²) < 4.78 is 10.8. The van der Waals surface area contributed by atoms with E-state index in [-0.39, 0.29) is 11.4 Å². The van der Waals surface area contributed by atoms with Gasteiger partial charge < -0.3 is 14.4 Å². The molecule has 2 heterocycles. The summed E-state index contributed by atoms with van der Waals surface area (Å²) in [5.41, 5.74) is 2.65. The van der Waals surface area contributed by atoms with Gasteiger partial charge in [0, 0.05) is 30.0 Å². The van der Waals surface area contributed by atoms with Crippen LogP contribution in [0.25, 0.3) is 0 Å². The molecule has 0 fully saturated rings. The van der Waals surface area contributed by atoms with Crippen LogP contribution in [0.1, 0.15) is 35.3 Å². The lowest BCUT2D eigenvalue weighted by Gasteiger charge is -2.43. The molecule has 1 aliphatic heterocycles. The number of carbonyl (C=O) groups excluding carboxylic acids is 1. The average Bonchev–Trinajstić information content (AvgIpc) is 2.59. The third-order valence-corrected chi connectivity index (χ3v) is 4.56. The van der Waals surface area contributed by atoms with Crippen LogP contribution in [0.2, 0.25) is 0 Å². The third kappa shape index (κ3) is 2.82. The van der Waals surface area contributed by atoms with E-state index < -0.39 is 0 Å². The van der Waals surface area contributed by atoms with E-state index in [1.165, 1.54) is 5.56 Å². The molecule has 5 heteroatoms. The molecule has 24 heavy (non-hydrogen) atoms. The van der Waals surface area contributed by atoms with Crippen LogP contribution in [0, 0.1) is 0 Å². The Labute approximate surface area is 142 Å². The highest BCUT2D eigenvalue weighted by Gasteiger charge is 2.37. The van der Waals surface area contributed by atoms with Crippen molar-refractivity contribution in [2.75, 3.05) is 14.2 Å². The first kappa shape index (κ1) is 16.3. The Morgan fingerprint density at radius 1 is 1.08 bits per heavy atom. The molecule has 0 radical (unpaired) electrons. The van der Waals surface area contributed by atoms with Crippen molar-refractivity contribution in [3.63, 3.8) is 0 Å². The lowest BCUT2D eigenvalue weighted by molar-refractivity contribution is 0.0488. The molecule has 1 aliphatic rings. The minimum absolute atomic E-state index is 0.0165. The molecule has 126 valence electrons. The molecule has 0 saturated heterocycles. The highest BCUT2D eigenvalue weighted by Crippen LogP contribution is 2.38. The van der Waals surface area contributed by atoms with Crippen molar-refractivity contribution in [3.8, 4) is 11.5 Å². The normalized spacial score (nSPS) is 15.6. The van der Waals surface area contributed by atoms with Crippen LogP contribution in [0.3, 0.4) is 0 Å². The fourth-order valence-corrected chi connectivity index (χ4v) is 3.22. The number of amides is 1. The summed E-state index contributed by atoms with van der Waals surface area (Å²) >= 11 is 0. The number of aromatic nitrogens is 1. The number of nitrogens with zero attached hydrogens (tertiary/aromatic N) is 2. The zero-order chi connectivity index (χ0) is 17.3. The van der Waals surface area contributed by atoms with E-state index in [0.29, 0.717) is 17.9 Å². The molecular weight excluding hydrogens is 304 g/mol. The van der Waals surface area contributed by atoms with Crippen molar-refractivity contribution in [2.24, 2.45) is 0 Å². The first-order valence-electron chi connectivity index (χ1n) is 7.92. The predicted molar refractivity (Wildman–Crippen MR) is 91.4 cm³/mol. The monoisotopic (exact) mass is 326 g/mol. The van der Waals surface area contributed by atoms with Gasteiger partial charge in [0.2, 0.25) is 0 Å². The lowest BCUT2D eigenvalue weighted by atomic mass is 9.84. The quantitative estimate of drug-likeness (QED) is 0.870. The van der Waals surface area contributed by atoms with Crippen LogP contribution in [-0.2, 0) is 13.0 Å². The number of methoxy groups -OCH3 is 2. The van der Waals surface area contributed by atoms with Crippen molar-refractivity contribution < 1.29 is 14.3 Å². The van der Waals surface area contributed by atoms with Crippen LogP contribution in [0.4, 0.5) is 0 Å². The highest BCUT2D eigenvalue weighted by molar-refractivity contribution is 5.94. The van der Waals surface area contributed by atoms with Gasteiger partial charge in [-0.3, -0.25) is 9.78 Å². The van der Waals surface area contributed by atoms with Gasteiger partial charge in [-0.15, -0.1) is 0 Å². The minimum atomic E-state index is -0.285. The van der Waals surface area contributed by atoms with E-state index >= 15 is 0 Å². The van der Waals surface area contributed by atoms with Crippen molar-refractivity contribution in [3.05, 3.63) is 53.3 Å². The van der Waals surface area contributed by atoms with Gasteiger partial charge in [0.1, 0.15) is 0 Å². The summed E-state index contributed by atoms with van der Waals surface area (Å²) in [7, 11) is 3.26. The van der Waals surface area contributed by atoms with Crippen LogP contribution in [0.5, 0.6) is 11.5 Å². The van der Waals surface area contributed by atoms with Crippen molar-refractivity contribution in [2.45, 2.75) is 32.4 Å². The molecule has 0 bridgehead atoms. The molecule has 0 atom stereocenters. The summed E-state index contributed by atoms with van der Waals surface area (Å²) in [6.07, 6.45) is 4.05. The molecule has 3 rings (SSSR count). The number of hydrogen-bond acceptors (Lipinski definition) is 4. The number of fused-ring (bicyclic) bond motifs is 1. The molecule has 1 amide bonds. The van der Waals surface area contributed by atoms with Gasteiger partial charge in [-0.05, 0) is 55.7 Å². The van der Waals surface area contributed by atoms with Gasteiger partial charge >= 0.3 is 0 Å². The SMILES string of the molecule is COc1cc2c(cc1OC)CC(C)(C)N(C(=O)c1ccncc1)C2. The van der Waals surface area contributed by atoms with Crippen LogP contribution in [-0.4, -0.2) is 35.5 Å². The second kappa shape index (κ2) is 6.15. The number of ether oxygens (including phenoxy) is 2. The second-order valence-corrected chi connectivity index (χ2v) is 6.59. The number of carbonyl (C=O) groups is 1. The number of hydrogen-bond donors (Lipinski definition) is 0. The molecule has 5 nitrogen and oxygen atoms in total. The fraction of sp³-hybridized carbons (Fsp3) is 0.368. The first-order valence-corrected chi connectivity index (χ1v) is 7.92. The number of pyridine rings is 1. The van der Waals surface area contributed by atoms with Gasteiger partial charge in [-0.2, -0.15) is 0 Å². The van der Waals surface area contributed by atoms with Crippen molar-refractivity contribution >= 4 is 5.91 Å². The highest BCUT2D eigenvalue weighted by atomic mass is 16.5. The zero-order valence-corrected chi connectivity index (χ0v) is 14.5. The summed E-state index contributed by atoms with van der Waals surface area (Å²) in [5, 5.41) is 0. The number of benzene rings is 1. The largest absolute Gasteiger partial charge is 0.493 e. The molecule has 1 aromatic heterocycles. The predicted octanol–water partition coefficient (Wildman–Crippen LogP) is 3.08. The zero-order valence-electron chi connectivity index (χ0n) is 14.5. The van der Waals surface area contributed by atoms with E-state index in [1.807, 2.05) is 17.0 Å². The fourth-order valence-electron chi connectivity index (χ4n) is 3.22. The molecule has 0 unspecified atom stereocenters. The van der Waals surface area contributed by atoms with Crippen molar-refractivity contribution in [1.29, 1.82) is 0 Å². The summed E-state index contributed by atoms with van der Waals surface area (Å²) in [6.45, 7) is 4.72. The maximum absolute atomic E-state index is 12.9. The second-order valence-electron chi connectivity index (χ2n) is 6.59. The van der Waals surface area contributed by atoms with E-state index in [0.717, 1.165) is 17.7 Å². The average molecular weight is 326 g/mol. The summed E-state index contributed by atoms with van der Waals surface area (Å²) in [5.74, 6) is 1.43. The molecule has 0 spiro atoms. The van der Waals surface area contributed by atoms with Crippen LogP contribution in [0.15, 0.2) is 36.7 Å². The van der Waals surface area contributed by atoms with E-state index in [4.69, 9.17) is 9.47 Å². The van der Waals surface area contributed by atoms with E-state index in [1.54, 1.807) is 38.7 Å². The van der Waals surface area contributed by atoms with Crippen LogP contribution >= 0.6 is 0 Å². The Balaban J connectivity index is 1.99. The number of rotatable bonds is 3. The maximum atomic E-state index is 12.9. The molecule has 0 aliphatic carbocycles. The lowest BCUT2D eigenvalue weighted by Crippen LogP contribution is -2.51. The van der Waals surface area contributed by atoms with Gasteiger partial charge in [-0.25, -0.2) is 0 Å². The molecular formula is C19H22N2O3. The van der Waals surface area contributed by atoms with Gasteiger partial charge in [-0.1, -0.05) is 0 Å². The van der Waals surface area contributed by atoms with Crippen molar-refractivity contribution in [1.82, 2.24) is 9.88 Å². The summed E-state index contributed by atoms with van der Waals surface area (Å²) in [6, 6.07) is 7.49. The molecule has 1 aromatic carbocycles. The maximum Gasteiger partial charge on any atom is 0.254 e. The van der Waals surface area contributed by atoms with Crippen LogP contribution < -0.4 is 9.47 Å². The smallest absolute Gasteiger partial charge is 0.254 e. The topological polar surface area (TPSA) is 51.7 Å². The van der Waals surface area contributed by atoms with E-state index in [9.17, 15) is 4.79 Å². The first-order chi connectivity index (χ1) is 11.5. The van der Waals surface area contributed by atoms with Gasteiger partial charge in [0.05, 0.1) is 14.2 Å². The molecule has 0 saturated carbocycles. The Hall–Kier alpha value is -2.56. The standard InChI is InChI=1S/C19H22N2O3/c1-19(2)11-14-9-16(23-3)17(24-4)10-15(14)12-21(19)18(22)13-5-7-20-8-6-13/h5-10H,11-12H2,1-4H3. The molecule has 0 N–H and O–H groups in total. The van der Waals surface area contributed by atoms with Gasteiger partial charge in [0.25, 0.3) is 5.91 Å². The van der Waals surface area contributed by atoms with Gasteiger partial charge in [0.15, 0.2) is 11.5 Å². The minimum Gasteiger partial charge on any atom is -0.493 e. The van der Waals surface area contributed by atoms with E-state index in [2.05, 4.69) is 18.8 Å². The summed E-state index contributed by atoms with van der Waals surface area (Å²) in [4.78, 5) is 18.8. The molecule has 2 aromatic rings. The third-order valence-electron chi connectivity index (χ3n) is 4.56. The Morgan fingerprint density at radius 3 is 2.25 bits per heavy atom. The Bertz CT molecular complexity index is 757.